The Hall–Kier alpha value is -4.27. The summed E-state index contributed by atoms with van der Waals surface area (Å²) in [5, 5.41) is 13.3. The summed E-state index contributed by atoms with van der Waals surface area (Å²) in [5.41, 5.74) is 0.324. The predicted octanol–water partition coefficient (Wildman–Crippen LogP) is 3.70. The van der Waals surface area contributed by atoms with Gasteiger partial charge in [-0.2, -0.15) is 4.31 Å². The van der Waals surface area contributed by atoms with Crippen molar-refractivity contribution < 1.29 is 36.8 Å². The number of esters is 1. The van der Waals surface area contributed by atoms with Crippen LogP contribution in [0.1, 0.15) is 10.4 Å². The second-order valence-corrected chi connectivity index (χ2v) is 11.1. The maximum absolute atomic E-state index is 13.4. The fourth-order valence-electron chi connectivity index (χ4n) is 4.11. The Morgan fingerprint density at radius 3 is 2.37 bits per heavy atom. The summed E-state index contributed by atoms with van der Waals surface area (Å²) in [5.74, 6) is -2.01. The molecule has 0 spiro atoms. The normalized spacial score (nSPS) is 13.9. The number of anilines is 2. The van der Waals surface area contributed by atoms with Crippen molar-refractivity contribution in [1.29, 1.82) is 0 Å². The number of non-ortho nitro benzene ring substituents is 1. The first-order valence-electron chi connectivity index (χ1n) is 12.1. The number of sulfonamides is 1. The summed E-state index contributed by atoms with van der Waals surface area (Å²) in [6.07, 6.45) is 0. The number of carbonyl (C=O) groups is 2. The summed E-state index contributed by atoms with van der Waals surface area (Å²) in [6.45, 7) is 0.210. The van der Waals surface area contributed by atoms with Gasteiger partial charge in [-0.1, -0.05) is 11.6 Å². The molecule has 41 heavy (non-hydrogen) atoms. The zero-order valence-corrected chi connectivity index (χ0v) is 23.2. The number of methoxy groups -OCH3 is 1. The van der Waals surface area contributed by atoms with Gasteiger partial charge in [0.15, 0.2) is 6.61 Å². The molecule has 1 amide bonds. The molecule has 1 saturated heterocycles. The molecule has 216 valence electrons. The molecule has 0 atom stereocenters. The summed E-state index contributed by atoms with van der Waals surface area (Å²) in [7, 11) is -2.78. The molecule has 1 aliphatic rings. The lowest BCUT2D eigenvalue weighted by Gasteiger charge is -2.35. The number of hydrogen-bond donors (Lipinski definition) is 1. The van der Waals surface area contributed by atoms with Crippen LogP contribution >= 0.6 is 11.6 Å². The number of nitrogens with one attached hydrogen (secondary N) is 1. The van der Waals surface area contributed by atoms with Gasteiger partial charge in [-0.25, -0.2) is 17.6 Å². The molecular weight excluding hydrogens is 583 g/mol. The fraction of sp³-hybridized carbons (Fsp3) is 0.231. The zero-order chi connectivity index (χ0) is 29.7. The first-order chi connectivity index (χ1) is 19.5. The molecule has 3 aromatic carbocycles. The minimum atomic E-state index is -4.09. The zero-order valence-electron chi connectivity index (χ0n) is 21.6. The van der Waals surface area contributed by atoms with Crippen molar-refractivity contribution in [1.82, 2.24) is 4.31 Å². The third-order valence-electron chi connectivity index (χ3n) is 6.22. The van der Waals surface area contributed by atoms with Crippen LogP contribution in [-0.4, -0.2) is 69.4 Å². The number of rotatable bonds is 9. The number of nitro benzene ring substituents is 1. The lowest BCUT2D eigenvalue weighted by Crippen LogP contribution is -2.48. The second-order valence-electron chi connectivity index (χ2n) is 8.78. The molecule has 1 aliphatic heterocycles. The summed E-state index contributed by atoms with van der Waals surface area (Å²) < 4.78 is 51.3. The van der Waals surface area contributed by atoms with E-state index in [1.165, 1.54) is 47.8 Å². The number of carbonyl (C=O) groups excluding carboxylic acids is 2. The summed E-state index contributed by atoms with van der Waals surface area (Å²) in [6, 6.07) is 13.1. The molecule has 1 N–H and O–H groups in total. The van der Waals surface area contributed by atoms with Crippen LogP contribution in [0.15, 0.2) is 65.6 Å². The monoisotopic (exact) mass is 606 g/mol. The fourth-order valence-corrected chi connectivity index (χ4v) is 6.04. The van der Waals surface area contributed by atoms with Crippen LogP contribution < -0.4 is 15.0 Å². The van der Waals surface area contributed by atoms with Gasteiger partial charge < -0.3 is 19.7 Å². The molecule has 4 rings (SSSR count). The van der Waals surface area contributed by atoms with Gasteiger partial charge in [0.05, 0.1) is 28.3 Å². The molecule has 12 nitrogen and oxygen atoms in total. The van der Waals surface area contributed by atoms with E-state index in [0.717, 1.165) is 17.8 Å². The van der Waals surface area contributed by atoms with E-state index in [-0.39, 0.29) is 51.5 Å². The van der Waals surface area contributed by atoms with E-state index in [2.05, 4.69) is 5.32 Å². The maximum atomic E-state index is 13.4. The highest BCUT2D eigenvalue weighted by Gasteiger charge is 2.31. The number of piperazine rings is 1. The van der Waals surface area contributed by atoms with Crippen LogP contribution in [0.25, 0.3) is 0 Å². The molecule has 3 aromatic rings. The van der Waals surface area contributed by atoms with E-state index in [4.69, 9.17) is 21.1 Å². The van der Waals surface area contributed by atoms with E-state index in [1.807, 2.05) is 4.90 Å². The van der Waals surface area contributed by atoms with Crippen molar-refractivity contribution in [3.05, 3.63) is 87.2 Å². The number of benzene rings is 3. The Labute approximate surface area is 239 Å². The molecule has 0 bridgehead atoms. The van der Waals surface area contributed by atoms with E-state index in [9.17, 15) is 32.5 Å². The van der Waals surface area contributed by atoms with Gasteiger partial charge in [0.25, 0.3) is 11.6 Å². The standard InChI is InChI=1S/C26H24ClFN4O8S/c1-39-23-9-7-20(32(35)36)15-22(23)29-25(33)16-40-26(34)17-2-8-21(27)24(14-17)41(37,38)31-12-10-30(11-13-31)19-5-3-18(28)4-6-19/h2-9,14-15H,10-13,16H2,1H3,(H,29,33). The van der Waals surface area contributed by atoms with Crippen molar-refractivity contribution in [3.8, 4) is 5.75 Å². The topological polar surface area (TPSA) is 148 Å². The lowest BCUT2D eigenvalue weighted by atomic mass is 10.2. The minimum absolute atomic E-state index is 0.00199. The third-order valence-corrected chi connectivity index (χ3v) is 8.60. The van der Waals surface area contributed by atoms with Crippen molar-refractivity contribution in [2.45, 2.75) is 4.90 Å². The largest absolute Gasteiger partial charge is 0.495 e. The first-order valence-corrected chi connectivity index (χ1v) is 13.9. The van der Waals surface area contributed by atoms with E-state index in [0.29, 0.717) is 13.1 Å². The van der Waals surface area contributed by atoms with Crippen LogP contribution in [0.2, 0.25) is 5.02 Å². The molecule has 15 heteroatoms. The van der Waals surface area contributed by atoms with E-state index < -0.39 is 33.4 Å². The van der Waals surface area contributed by atoms with Crippen molar-refractivity contribution in [3.63, 3.8) is 0 Å². The van der Waals surface area contributed by atoms with E-state index >= 15 is 0 Å². The van der Waals surface area contributed by atoms with E-state index in [1.54, 1.807) is 12.1 Å². The van der Waals surface area contributed by atoms with Gasteiger partial charge in [-0.3, -0.25) is 14.9 Å². The van der Waals surface area contributed by atoms with Crippen LogP contribution in [0.4, 0.5) is 21.5 Å². The summed E-state index contributed by atoms with van der Waals surface area (Å²) >= 11 is 6.20. The van der Waals surface area contributed by atoms with Crippen LogP contribution in [0, 0.1) is 15.9 Å². The predicted molar refractivity (Wildman–Crippen MR) is 147 cm³/mol. The third kappa shape index (κ3) is 6.90. The highest BCUT2D eigenvalue weighted by molar-refractivity contribution is 7.89. The van der Waals surface area contributed by atoms with Crippen LogP contribution in [0.3, 0.4) is 0 Å². The lowest BCUT2D eigenvalue weighted by molar-refractivity contribution is -0.384. The highest BCUT2D eigenvalue weighted by Crippen LogP contribution is 2.30. The minimum Gasteiger partial charge on any atom is -0.495 e. The molecule has 0 unspecified atom stereocenters. The van der Waals surface area contributed by atoms with Gasteiger partial charge >= 0.3 is 5.97 Å². The molecule has 0 radical (unpaired) electrons. The van der Waals surface area contributed by atoms with Crippen molar-refractivity contribution in [2.24, 2.45) is 0 Å². The number of nitro groups is 1. The molecule has 1 heterocycles. The maximum Gasteiger partial charge on any atom is 0.338 e. The second kappa shape index (κ2) is 12.5. The Morgan fingerprint density at radius 1 is 1.05 bits per heavy atom. The van der Waals surface area contributed by atoms with Crippen LogP contribution in [-0.2, 0) is 19.6 Å². The Balaban J connectivity index is 1.40. The molecular formula is C26H24ClFN4O8S. The van der Waals surface area contributed by atoms with Gasteiger partial charge in [0.1, 0.15) is 16.5 Å². The number of halogens is 2. The summed E-state index contributed by atoms with van der Waals surface area (Å²) in [4.78, 5) is 37.0. The SMILES string of the molecule is COc1ccc([N+](=O)[O-])cc1NC(=O)COC(=O)c1ccc(Cl)c(S(=O)(=O)N2CCN(c3ccc(F)cc3)CC2)c1. The van der Waals surface area contributed by atoms with Gasteiger partial charge in [-0.15, -0.1) is 0 Å². The average molecular weight is 607 g/mol. The average Bonchev–Trinajstić information content (AvgIpc) is 2.96. The Bertz CT molecular complexity index is 1580. The Kier molecular flexibility index (Phi) is 9.05. The molecule has 1 fully saturated rings. The first kappa shape index (κ1) is 29.7. The van der Waals surface area contributed by atoms with Crippen molar-refractivity contribution in [2.75, 3.05) is 50.1 Å². The number of hydrogen-bond acceptors (Lipinski definition) is 9. The number of ether oxygens (including phenoxy) is 2. The number of amides is 1. The van der Waals surface area contributed by atoms with Crippen molar-refractivity contribution >= 4 is 50.6 Å². The molecule has 0 saturated carbocycles. The van der Waals surface area contributed by atoms with Gasteiger partial charge in [0.2, 0.25) is 10.0 Å². The van der Waals surface area contributed by atoms with Crippen LogP contribution in [0.5, 0.6) is 5.75 Å². The number of nitrogens with zero attached hydrogens (tertiary/aromatic N) is 3. The van der Waals surface area contributed by atoms with Gasteiger partial charge in [-0.05, 0) is 48.5 Å². The molecule has 0 aliphatic carbocycles. The highest BCUT2D eigenvalue weighted by atomic mass is 35.5. The molecule has 0 aromatic heterocycles. The quantitative estimate of drug-likeness (QED) is 0.219. The Morgan fingerprint density at radius 2 is 1.73 bits per heavy atom. The smallest absolute Gasteiger partial charge is 0.338 e. The van der Waals surface area contributed by atoms with Gasteiger partial charge in [0, 0.05) is 44.0 Å².